The van der Waals surface area contributed by atoms with Crippen LogP contribution in [0.5, 0.6) is 0 Å². The molecule has 5 heteroatoms. The van der Waals surface area contributed by atoms with Crippen molar-refractivity contribution in [1.82, 2.24) is 15.1 Å². The van der Waals surface area contributed by atoms with Gasteiger partial charge in [0, 0.05) is 18.9 Å². The molecule has 0 amide bonds. The highest BCUT2D eigenvalue weighted by Gasteiger charge is 2.00. The molecule has 0 radical (unpaired) electrons. The van der Waals surface area contributed by atoms with Gasteiger partial charge in [-0.3, -0.25) is 4.68 Å². The Morgan fingerprint density at radius 2 is 2.28 bits per heavy atom. The predicted octanol–water partition coefficient (Wildman–Crippen LogP) is 2.52. The highest BCUT2D eigenvalue weighted by atomic mass is 32.2. The number of thioether (sulfide) groups is 1. The Morgan fingerprint density at radius 1 is 1.39 bits per heavy atom. The third-order valence-electron chi connectivity index (χ3n) is 2.60. The van der Waals surface area contributed by atoms with Crippen LogP contribution in [-0.4, -0.2) is 22.6 Å². The van der Waals surface area contributed by atoms with E-state index >= 15 is 0 Å². The lowest BCUT2D eigenvalue weighted by Gasteiger charge is -2.03. The van der Waals surface area contributed by atoms with E-state index in [4.69, 9.17) is 4.42 Å². The Balaban J connectivity index is 1.59. The number of rotatable bonds is 8. The third-order valence-corrected chi connectivity index (χ3v) is 3.18. The van der Waals surface area contributed by atoms with E-state index in [1.165, 1.54) is 0 Å². The molecule has 4 nitrogen and oxygen atoms in total. The van der Waals surface area contributed by atoms with Gasteiger partial charge in [0.2, 0.25) is 0 Å². The summed E-state index contributed by atoms with van der Waals surface area (Å²) >= 11 is 1.77. The van der Waals surface area contributed by atoms with Crippen LogP contribution in [0, 0.1) is 0 Å². The summed E-state index contributed by atoms with van der Waals surface area (Å²) in [6.07, 6.45) is 6.94. The average molecular weight is 265 g/mol. The van der Waals surface area contributed by atoms with Crippen molar-refractivity contribution in [2.45, 2.75) is 25.3 Å². The molecule has 0 saturated heterocycles. The maximum absolute atomic E-state index is 5.68. The molecule has 2 heterocycles. The molecule has 0 aliphatic rings. The zero-order valence-corrected chi connectivity index (χ0v) is 11.4. The molecule has 0 fully saturated rings. The normalized spacial score (nSPS) is 10.9. The maximum Gasteiger partial charge on any atom is 0.117 e. The molecule has 0 aromatic carbocycles. The van der Waals surface area contributed by atoms with Crippen LogP contribution in [0.2, 0.25) is 0 Å². The van der Waals surface area contributed by atoms with Crippen LogP contribution in [-0.2, 0) is 18.8 Å². The maximum atomic E-state index is 5.68. The van der Waals surface area contributed by atoms with Crippen molar-refractivity contribution in [3.05, 3.63) is 42.1 Å². The number of hydrogen-bond donors (Lipinski definition) is 1. The van der Waals surface area contributed by atoms with Gasteiger partial charge < -0.3 is 9.73 Å². The van der Waals surface area contributed by atoms with E-state index in [2.05, 4.69) is 22.7 Å². The minimum atomic E-state index is 0.799. The van der Waals surface area contributed by atoms with E-state index in [-0.39, 0.29) is 0 Å². The Kier molecular flexibility index (Phi) is 5.36. The summed E-state index contributed by atoms with van der Waals surface area (Å²) in [5.74, 6) is 3.01. The van der Waals surface area contributed by atoms with Gasteiger partial charge in [0.15, 0.2) is 0 Å². The highest BCUT2D eigenvalue weighted by Crippen LogP contribution is 2.13. The fraction of sp³-hybridized carbons (Fsp3) is 0.462. The van der Waals surface area contributed by atoms with E-state index in [1.807, 2.05) is 29.2 Å². The van der Waals surface area contributed by atoms with E-state index in [0.29, 0.717) is 0 Å². The molecule has 0 atom stereocenters. The van der Waals surface area contributed by atoms with Gasteiger partial charge in [-0.1, -0.05) is 0 Å². The lowest BCUT2D eigenvalue weighted by Crippen LogP contribution is -2.16. The third kappa shape index (κ3) is 4.23. The lowest BCUT2D eigenvalue weighted by molar-refractivity contribution is 0.452. The van der Waals surface area contributed by atoms with Crippen molar-refractivity contribution in [3.63, 3.8) is 0 Å². The minimum absolute atomic E-state index is 0.799. The van der Waals surface area contributed by atoms with Crippen LogP contribution in [0.3, 0.4) is 0 Å². The van der Waals surface area contributed by atoms with Crippen molar-refractivity contribution in [2.24, 2.45) is 0 Å². The first-order valence-electron chi connectivity index (χ1n) is 6.13. The van der Waals surface area contributed by atoms with Gasteiger partial charge in [0.05, 0.1) is 12.3 Å². The number of nitrogens with zero attached hydrogens (tertiary/aromatic N) is 2. The van der Waals surface area contributed by atoms with Crippen LogP contribution in [0.1, 0.15) is 17.9 Å². The summed E-state index contributed by atoms with van der Waals surface area (Å²) in [5, 5.41) is 7.54. The van der Waals surface area contributed by atoms with Crippen LogP contribution >= 0.6 is 11.8 Å². The quantitative estimate of drug-likeness (QED) is 0.745. The minimum Gasteiger partial charge on any atom is -0.464 e. The standard InChI is InChI=1S/C13H19N3OS/c1-18-11-13-5-4-12(17-13)10-14-6-2-8-16-9-3-7-15-16/h3-5,7,9,14H,2,6,8,10-11H2,1H3. The molecule has 98 valence electrons. The van der Waals surface area contributed by atoms with Gasteiger partial charge in [-0.15, -0.1) is 0 Å². The zero-order chi connectivity index (χ0) is 12.6. The fourth-order valence-corrected chi connectivity index (χ4v) is 2.19. The van der Waals surface area contributed by atoms with E-state index in [0.717, 1.165) is 43.3 Å². The van der Waals surface area contributed by atoms with Crippen molar-refractivity contribution >= 4 is 11.8 Å². The lowest BCUT2D eigenvalue weighted by atomic mass is 10.4. The predicted molar refractivity (Wildman–Crippen MR) is 74.5 cm³/mol. The van der Waals surface area contributed by atoms with Gasteiger partial charge >= 0.3 is 0 Å². The molecule has 2 aromatic heterocycles. The zero-order valence-electron chi connectivity index (χ0n) is 10.6. The number of aryl methyl sites for hydroxylation is 1. The first-order chi connectivity index (χ1) is 8.88. The molecular weight excluding hydrogens is 246 g/mol. The van der Waals surface area contributed by atoms with Crippen molar-refractivity contribution < 1.29 is 4.42 Å². The Morgan fingerprint density at radius 3 is 3.06 bits per heavy atom. The fourth-order valence-electron chi connectivity index (χ4n) is 1.75. The molecule has 0 unspecified atom stereocenters. The topological polar surface area (TPSA) is 43.0 Å². The molecule has 0 spiro atoms. The summed E-state index contributed by atoms with van der Waals surface area (Å²) in [4.78, 5) is 0. The SMILES string of the molecule is CSCc1ccc(CNCCCn2cccn2)o1. The highest BCUT2D eigenvalue weighted by molar-refractivity contribution is 7.97. The first kappa shape index (κ1) is 13.2. The molecule has 0 aliphatic carbocycles. The summed E-state index contributed by atoms with van der Waals surface area (Å²) in [7, 11) is 0. The van der Waals surface area contributed by atoms with E-state index < -0.39 is 0 Å². The van der Waals surface area contributed by atoms with Crippen molar-refractivity contribution in [3.8, 4) is 0 Å². The van der Waals surface area contributed by atoms with Gasteiger partial charge in [0.1, 0.15) is 11.5 Å². The number of furan rings is 1. The molecule has 2 rings (SSSR count). The van der Waals surface area contributed by atoms with E-state index in [9.17, 15) is 0 Å². The van der Waals surface area contributed by atoms with Gasteiger partial charge in [-0.05, 0) is 37.4 Å². The van der Waals surface area contributed by atoms with Crippen molar-refractivity contribution in [2.75, 3.05) is 12.8 Å². The first-order valence-corrected chi connectivity index (χ1v) is 7.52. The number of nitrogens with one attached hydrogen (secondary N) is 1. The smallest absolute Gasteiger partial charge is 0.117 e. The molecule has 0 saturated carbocycles. The molecule has 2 aromatic rings. The summed E-state index contributed by atoms with van der Waals surface area (Å²) in [6.45, 7) is 2.72. The Labute approximate surface area is 112 Å². The second-order valence-corrected chi connectivity index (χ2v) is 4.97. The second-order valence-electron chi connectivity index (χ2n) is 4.10. The molecule has 18 heavy (non-hydrogen) atoms. The van der Waals surface area contributed by atoms with E-state index in [1.54, 1.807) is 11.8 Å². The Hall–Kier alpha value is -1.20. The van der Waals surface area contributed by atoms with Crippen LogP contribution in [0.25, 0.3) is 0 Å². The molecular formula is C13H19N3OS. The number of hydrogen-bond acceptors (Lipinski definition) is 4. The number of aromatic nitrogens is 2. The van der Waals surface area contributed by atoms with Crippen LogP contribution in [0.15, 0.2) is 35.0 Å². The van der Waals surface area contributed by atoms with Crippen LogP contribution in [0.4, 0.5) is 0 Å². The molecule has 0 bridgehead atoms. The monoisotopic (exact) mass is 265 g/mol. The second kappa shape index (κ2) is 7.28. The van der Waals surface area contributed by atoms with Gasteiger partial charge in [0.25, 0.3) is 0 Å². The largest absolute Gasteiger partial charge is 0.464 e. The van der Waals surface area contributed by atoms with Crippen LogP contribution < -0.4 is 5.32 Å². The van der Waals surface area contributed by atoms with Gasteiger partial charge in [-0.2, -0.15) is 16.9 Å². The molecule has 0 aliphatic heterocycles. The summed E-state index contributed by atoms with van der Waals surface area (Å²) in [5.41, 5.74) is 0. The average Bonchev–Trinajstić information content (AvgIpc) is 3.01. The summed E-state index contributed by atoms with van der Waals surface area (Å²) < 4.78 is 7.63. The van der Waals surface area contributed by atoms with Gasteiger partial charge in [-0.25, -0.2) is 0 Å². The molecule has 1 N–H and O–H groups in total. The van der Waals surface area contributed by atoms with Crippen molar-refractivity contribution in [1.29, 1.82) is 0 Å². The summed E-state index contributed by atoms with van der Waals surface area (Å²) in [6, 6.07) is 6.05. The Bertz CT molecular complexity index is 439.